The first-order valence-electron chi connectivity index (χ1n) is 7.70. The van der Waals surface area contributed by atoms with Crippen molar-refractivity contribution in [2.75, 3.05) is 5.32 Å². The number of rotatable bonds is 8. The van der Waals surface area contributed by atoms with E-state index in [4.69, 9.17) is 0 Å². The van der Waals surface area contributed by atoms with Crippen LogP contribution < -0.4 is 10.6 Å². The summed E-state index contributed by atoms with van der Waals surface area (Å²) in [5.74, 6) is -0.0304. The summed E-state index contributed by atoms with van der Waals surface area (Å²) in [7, 11) is 0. The maximum atomic E-state index is 11.1. The van der Waals surface area contributed by atoms with Crippen LogP contribution in [0, 0.1) is 0 Å². The average Bonchev–Trinajstić information content (AvgIpc) is 2.42. The average molecular weight is 276 g/mol. The van der Waals surface area contributed by atoms with E-state index in [1.807, 2.05) is 18.2 Å². The van der Waals surface area contributed by atoms with Gasteiger partial charge in [0, 0.05) is 24.7 Å². The van der Waals surface area contributed by atoms with Gasteiger partial charge in [-0.05, 0) is 37.5 Å². The molecule has 0 aliphatic rings. The van der Waals surface area contributed by atoms with Gasteiger partial charge in [0.1, 0.15) is 0 Å². The van der Waals surface area contributed by atoms with E-state index in [1.165, 1.54) is 31.7 Å². The Morgan fingerprint density at radius 3 is 2.65 bits per heavy atom. The summed E-state index contributed by atoms with van der Waals surface area (Å²) in [5.41, 5.74) is 2.08. The van der Waals surface area contributed by atoms with Gasteiger partial charge >= 0.3 is 0 Å². The Hall–Kier alpha value is -1.35. The van der Waals surface area contributed by atoms with E-state index in [9.17, 15) is 4.79 Å². The predicted octanol–water partition coefficient (Wildman–Crippen LogP) is 4.26. The summed E-state index contributed by atoms with van der Waals surface area (Å²) in [6.45, 7) is 8.18. The van der Waals surface area contributed by atoms with Crippen LogP contribution in [-0.4, -0.2) is 11.9 Å². The highest BCUT2D eigenvalue weighted by molar-refractivity contribution is 5.88. The van der Waals surface area contributed by atoms with Gasteiger partial charge in [-0.15, -0.1) is 0 Å². The van der Waals surface area contributed by atoms with Crippen molar-refractivity contribution in [1.82, 2.24) is 5.32 Å². The number of unbranched alkanes of at least 4 members (excludes halogenated alkanes) is 1. The van der Waals surface area contributed by atoms with E-state index < -0.39 is 0 Å². The van der Waals surface area contributed by atoms with Crippen molar-refractivity contribution >= 4 is 11.6 Å². The first-order valence-corrected chi connectivity index (χ1v) is 7.70. The maximum Gasteiger partial charge on any atom is 0.221 e. The molecule has 3 heteroatoms. The quantitative estimate of drug-likeness (QED) is 0.744. The van der Waals surface area contributed by atoms with Crippen LogP contribution in [0.1, 0.15) is 65.0 Å². The van der Waals surface area contributed by atoms with Gasteiger partial charge in [-0.2, -0.15) is 0 Å². The molecule has 0 aromatic heterocycles. The second kappa shape index (κ2) is 8.75. The molecule has 0 aliphatic carbocycles. The summed E-state index contributed by atoms with van der Waals surface area (Å²) in [6, 6.07) is 8.93. The second-order valence-electron chi connectivity index (χ2n) is 5.44. The number of carbonyl (C=O) groups excluding carboxylic acids is 1. The third-order valence-electron chi connectivity index (χ3n) is 3.59. The summed E-state index contributed by atoms with van der Waals surface area (Å²) in [6.07, 6.45) is 4.88. The van der Waals surface area contributed by atoms with E-state index in [0.29, 0.717) is 12.1 Å². The molecule has 0 spiro atoms. The number of carbonyl (C=O) groups is 1. The largest absolute Gasteiger partial charge is 0.326 e. The van der Waals surface area contributed by atoms with Gasteiger partial charge in [0.25, 0.3) is 0 Å². The van der Waals surface area contributed by atoms with Gasteiger partial charge in [0.2, 0.25) is 5.91 Å². The van der Waals surface area contributed by atoms with E-state index in [1.54, 1.807) is 0 Å². The van der Waals surface area contributed by atoms with Crippen LogP contribution in [0.3, 0.4) is 0 Å². The Morgan fingerprint density at radius 2 is 2.05 bits per heavy atom. The third kappa shape index (κ3) is 5.74. The van der Waals surface area contributed by atoms with Crippen molar-refractivity contribution in [2.24, 2.45) is 0 Å². The molecule has 0 bridgehead atoms. The Balaban J connectivity index is 2.65. The number of amides is 1. The molecule has 1 rings (SSSR count). The molecule has 0 heterocycles. The minimum Gasteiger partial charge on any atom is -0.326 e. The van der Waals surface area contributed by atoms with Gasteiger partial charge in [-0.25, -0.2) is 0 Å². The van der Waals surface area contributed by atoms with E-state index in [0.717, 1.165) is 12.1 Å². The fourth-order valence-corrected chi connectivity index (χ4v) is 2.39. The molecule has 0 radical (unpaired) electrons. The number of hydrogen-bond donors (Lipinski definition) is 2. The molecular formula is C17H28N2O. The predicted molar refractivity (Wildman–Crippen MR) is 85.9 cm³/mol. The molecular weight excluding hydrogens is 248 g/mol. The zero-order valence-electron chi connectivity index (χ0n) is 13.2. The molecule has 20 heavy (non-hydrogen) atoms. The summed E-state index contributed by atoms with van der Waals surface area (Å²) in [4.78, 5) is 11.1. The van der Waals surface area contributed by atoms with Crippen molar-refractivity contribution in [1.29, 1.82) is 0 Å². The van der Waals surface area contributed by atoms with Crippen molar-refractivity contribution in [3.63, 3.8) is 0 Å². The summed E-state index contributed by atoms with van der Waals surface area (Å²) < 4.78 is 0. The Kier molecular flexibility index (Phi) is 7.31. The molecule has 2 atom stereocenters. The molecule has 2 unspecified atom stereocenters. The van der Waals surface area contributed by atoms with E-state index in [-0.39, 0.29) is 5.91 Å². The van der Waals surface area contributed by atoms with Crippen molar-refractivity contribution in [2.45, 2.75) is 65.5 Å². The van der Waals surface area contributed by atoms with Crippen LogP contribution in [0.25, 0.3) is 0 Å². The molecule has 1 aromatic carbocycles. The molecule has 0 aliphatic heterocycles. The van der Waals surface area contributed by atoms with Gasteiger partial charge in [0.15, 0.2) is 0 Å². The van der Waals surface area contributed by atoms with Crippen LogP contribution >= 0.6 is 0 Å². The van der Waals surface area contributed by atoms with Crippen LogP contribution in [0.15, 0.2) is 24.3 Å². The first-order chi connectivity index (χ1) is 9.56. The normalized spacial score (nSPS) is 13.8. The van der Waals surface area contributed by atoms with Gasteiger partial charge in [0.05, 0.1) is 0 Å². The number of benzene rings is 1. The molecule has 0 saturated heterocycles. The number of nitrogens with one attached hydrogen (secondary N) is 2. The maximum absolute atomic E-state index is 11.1. The van der Waals surface area contributed by atoms with E-state index >= 15 is 0 Å². The summed E-state index contributed by atoms with van der Waals surface area (Å²) in [5, 5.41) is 6.52. The fourth-order valence-electron chi connectivity index (χ4n) is 2.39. The topological polar surface area (TPSA) is 41.1 Å². The van der Waals surface area contributed by atoms with Crippen LogP contribution in [0.4, 0.5) is 5.69 Å². The number of hydrogen-bond acceptors (Lipinski definition) is 2. The van der Waals surface area contributed by atoms with Crippen molar-refractivity contribution < 1.29 is 4.79 Å². The van der Waals surface area contributed by atoms with Crippen LogP contribution in [-0.2, 0) is 4.79 Å². The Labute approximate surface area is 123 Å². The minimum atomic E-state index is -0.0304. The standard InChI is InChI=1S/C17H28N2O/c1-5-7-10-16(6-2)18-13(3)15-9-8-11-17(12-15)19-14(4)20/h8-9,11-13,16,18H,5-7,10H2,1-4H3,(H,19,20). The molecule has 0 fully saturated rings. The molecule has 1 amide bonds. The zero-order chi connectivity index (χ0) is 15.0. The molecule has 1 aromatic rings. The Morgan fingerprint density at radius 1 is 1.30 bits per heavy atom. The van der Waals surface area contributed by atoms with Crippen LogP contribution in [0.2, 0.25) is 0 Å². The SMILES string of the molecule is CCCCC(CC)NC(C)c1cccc(NC(C)=O)c1. The van der Waals surface area contributed by atoms with E-state index in [2.05, 4.69) is 37.5 Å². The molecule has 112 valence electrons. The third-order valence-corrected chi connectivity index (χ3v) is 3.59. The monoisotopic (exact) mass is 276 g/mol. The highest BCUT2D eigenvalue weighted by Crippen LogP contribution is 2.19. The van der Waals surface area contributed by atoms with Gasteiger partial charge < -0.3 is 10.6 Å². The lowest BCUT2D eigenvalue weighted by Gasteiger charge is -2.23. The van der Waals surface area contributed by atoms with Crippen LogP contribution in [0.5, 0.6) is 0 Å². The fraction of sp³-hybridized carbons (Fsp3) is 0.588. The molecule has 3 nitrogen and oxygen atoms in total. The summed E-state index contributed by atoms with van der Waals surface area (Å²) >= 11 is 0. The molecule has 0 saturated carbocycles. The lowest BCUT2D eigenvalue weighted by Crippen LogP contribution is -2.31. The number of anilines is 1. The second-order valence-corrected chi connectivity index (χ2v) is 5.44. The van der Waals surface area contributed by atoms with Crippen molar-refractivity contribution in [3.8, 4) is 0 Å². The van der Waals surface area contributed by atoms with Gasteiger partial charge in [-0.3, -0.25) is 4.79 Å². The lowest BCUT2D eigenvalue weighted by molar-refractivity contribution is -0.114. The van der Waals surface area contributed by atoms with Crippen molar-refractivity contribution in [3.05, 3.63) is 29.8 Å². The zero-order valence-corrected chi connectivity index (χ0v) is 13.2. The lowest BCUT2D eigenvalue weighted by atomic mass is 10.0. The molecule has 2 N–H and O–H groups in total. The smallest absolute Gasteiger partial charge is 0.221 e. The first kappa shape index (κ1) is 16.7. The van der Waals surface area contributed by atoms with Gasteiger partial charge in [-0.1, -0.05) is 38.8 Å². The highest BCUT2D eigenvalue weighted by atomic mass is 16.1. The minimum absolute atomic E-state index is 0.0304. The Bertz CT molecular complexity index is 417. The highest BCUT2D eigenvalue weighted by Gasteiger charge is 2.12.